The number of nitrogens with two attached hydrogens (primary N) is 1. The highest BCUT2D eigenvalue weighted by molar-refractivity contribution is 5.91. The van der Waals surface area contributed by atoms with Gasteiger partial charge in [-0.05, 0) is 18.2 Å². The van der Waals surface area contributed by atoms with Gasteiger partial charge >= 0.3 is 0 Å². The van der Waals surface area contributed by atoms with Gasteiger partial charge in [0.05, 0.1) is 19.7 Å². The summed E-state index contributed by atoms with van der Waals surface area (Å²) in [6, 6.07) is 8.09. The molecule has 3 heterocycles. The summed E-state index contributed by atoms with van der Waals surface area (Å²) < 4.78 is 22.1. The molecular formula is C23H25N5O6. The molecule has 2 aromatic carbocycles. The molecule has 0 saturated carbocycles. The second-order valence-corrected chi connectivity index (χ2v) is 7.99. The molecular weight excluding hydrogens is 442 g/mol. The molecule has 34 heavy (non-hydrogen) atoms. The van der Waals surface area contributed by atoms with Crippen LogP contribution in [0.3, 0.4) is 0 Å². The molecule has 1 aromatic heterocycles. The number of fused-ring (bicyclic) bond motifs is 2. The highest BCUT2D eigenvalue weighted by Crippen LogP contribution is 2.36. The van der Waals surface area contributed by atoms with Gasteiger partial charge < -0.3 is 39.6 Å². The lowest BCUT2D eigenvalue weighted by atomic mass is 10.2. The molecule has 0 unspecified atom stereocenters. The van der Waals surface area contributed by atoms with Crippen molar-refractivity contribution >= 4 is 28.6 Å². The lowest BCUT2D eigenvalue weighted by Gasteiger charge is -2.37. The van der Waals surface area contributed by atoms with Crippen molar-refractivity contribution < 1.29 is 28.8 Å². The average molecular weight is 467 g/mol. The number of hydrogen-bond donors (Lipinski definition) is 2. The Morgan fingerprint density at radius 3 is 2.53 bits per heavy atom. The van der Waals surface area contributed by atoms with E-state index in [9.17, 15) is 9.90 Å². The molecule has 1 saturated heterocycles. The third kappa shape index (κ3) is 3.89. The van der Waals surface area contributed by atoms with Crippen LogP contribution in [0.15, 0.2) is 30.3 Å². The van der Waals surface area contributed by atoms with Crippen LogP contribution in [-0.2, 0) is 4.79 Å². The largest absolute Gasteiger partial charge is 0.508 e. The van der Waals surface area contributed by atoms with Gasteiger partial charge in [0.1, 0.15) is 18.2 Å². The number of amides is 1. The van der Waals surface area contributed by atoms with Crippen LogP contribution in [0, 0.1) is 0 Å². The smallest absolute Gasteiger partial charge is 0.267 e. The predicted molar refractivity (Wildman–Crippen MR) is 124 cm³/mol. The molecule has 0 spiro atoms. The number of carbonyl (C=O) groups excluding carboxylic acids is 1. The summed E-state index contributed by atoms with van der Waals surface area (Å²) in [5, 5.41) is 10.2. The highest BCUT2D eigenvalue weighted by atomic mass is 16.6. The van der Waals surface area contributed by atoms with Crippen LogP contribution in [0.4, 0.5) is 11.8 Å². The standard InChI is InChI=1S/C23H25N5O6/c1-31-17-10-14-15(11-18(17)32-2)25-23(26-21(14)24)28-7-5-27(6-8-28)22(30)20-12-33-19-9-13(29)3-4-16(19)34-20/h3-4,9-11,20,29H,5-8,12H2,1-2H3,(H2,24,25,26)/t20-/m1/s1. The molecule has 0 radical (unpaired) electrons. The number of benzene rings is 2. The Balaban J connectivity index is 1.27. The van der Waals surface area contributed by atoms with Crippen molar-refractivity contribution in [3.05, 3.63) is 30.3 Å². The molecule has 0 bridgehead atoms. The quantitative estimate of drug-likeness (QED) is 0.580. The van der Waals surface area contributed by atoms with Crippen molar-refractivity contribution in [1.29, 1.82) is 0 Å². The van der Waals surface area contributed by atoms with Gasteiger partial charge in [-0.15, -0.1) is 0 Å². The number of piperazine rings is 1. The van der Waals surface area contributed by atoms with Gasteiger partial charge in [0.2, 0.25) is 12.1 Å². The Labute approximate surface area is 195 Å². The molecule has 1 fully saturated rings. The lowest BCUT2D eigenvalue weighted by Crippen LogP contribution is -2.54. The van der Waals surface area contributed by atoms with Crippen LogP contribution in [0.2, 0.25) is 0 Å². The molecule has 11 heteroatoms. The zero-order valence-corrected chi connectivity index (χ0v) is 18.9. The van der Waals surface area contributed by atoms with Gasteiger partial charge in [-0.3, -0.25) is 4.79 Å². The van der Waals surface area contributed by atoms with E-state index in [-0.39, 0.29) is 18.3 Å². The second kappa shape index (κ2) is 8.65. The zero-order chi connectivity index (χ0) is 23.8. The summed E-state index contributed by atoms with van der Waals surface area (Å²) in [7, 11) is 3.12. The number of rotatable bonds is 4. The maximum absolute atomic E-state index is 13.0. The highest BCUT2D eigenvalue weighted by Gasteiger charge is 2.33. The number of carbonyl (C=O) groups is 1. The third-order valence-electron chi connectivity index (χ3n) is 5.96. The maximum Gasteiger partial charge on any atom is 0.267 e. The number of ether oxygens (including phenoxy) is 4. The Morgan fingerprint density at radius 1 is 1.06 bits per heavy atom. The van der Waals surface area contributed by atoms with Crippen molar-refractivity contribution in [1.82, 2.24) is 14.9 Å². The van der Waals surface area contributed by atoms with Crippen LogP contribution in [0.25, 0.3) is 10.9 Å². The fourth-order valence-electron chi connectivity index (χ4n) is 4.12. The average Bonchev–Trinajstić information content (AvgIpc) is 2.87. The van der Waals surface area contributed by atoms with E-state index >= 15 is 0 Å². The molecule has 2 aliphatic heterocycles. The number of phenolic OH excluding ortho intramolecular Hbond substituents is 1. The van der Waals surface area contributed by atoms with E-state index in [1.807, 2.05) is 4.90 Å². The van der Waals surface area contributed by atoms with E-state index in [1.165, 1.54) is 12.1 Å². The topological polar surface area (TPSA) is 132 Å². The molecule has 1 atom stereocenters. The fourth-order valence-corrected chi connectivity index (χ4v) is 4.12. The van der Waals surface area contributed by atoms with E-state index in [0.29, 0.717) is 71.8 Å². The van der Waals surface area contributed by atoms with Crippen LogP contribution in [0.5, 0.6) is 28.7 Å². The Hall–Kier alpha value is -4.15. The third-order valence-corrected chi connectivity index (χ3v) is 5.96. The normalized spacial score (nSPS) is 17.5. The molecule has 3 aromatic rings. The first-order valence-electron chi connectivity index (χ1n) is 10.8. The van der Waals surface area contributed by atoms with E-state index < -0.39 is 6.10 Å². The fraction of sp³-hybridized carbons (Fsp3) is 0.348. The van der Waals surface area contributed by atoms with Gasteiger partial charge in [-0.2, -0.15) is 4.98 Å². The zero-order valence-electron chi connectivity index (χ0n) is 18.9. The van der Waals surface area contributed by atoms with Crippen LogP contribution in [0.1, 0.15) is 0 Å². The first-order chi connectivity index (χ1) is 16.5. The summed E-state index contributed by atoms with van der Waals surface area (Å²) in [4.78, 5) is 25.9. The van der Waals surface area contributed by atoms with E-state index in [4.69, 9.17) is 24.7 Å². The molecule has 5 rings (SSSR count). The monoisotopic (exact) mass is 467 g/mol. The number of hydrogen-bond acceptors (Lipinski definition) is 10. The van der Waals surface area contributed by atoms with Gasteiger partial charge in [0.25, 0.3) is 5.91 Å². The Morgan fingerprint density at radius 2 is 1.79 bits per heavy atom. The van der Waals surface area contributed by atoms with Crippen molar-refractivity contribution in [2.24, 2.45) is 0 Å². The van der Waals surface area contributed by atoms with Gasteiger partial charge in [-0.25, -0.2) is 4.98 Å². The van der Waals surface area contributed by atoms with E-state index in [1.54, 1.807) is 37.3 Å². The molecule has 3 N–H and O–H groups in total. The number of aromatic nitrogens is 2. The first-order valence-corrected chi connectivity index (χ1v) is 10.8. The maximum atomic E-state index is 13.0. The number of nitrogens with zero attached hydrogens (tertiary/aromatic N) is 4. The Bertz CT molecular complexity index is 1240. The molecule has 2 aliphatic rings. The number of anilines is 2. The minimum absolute atomic E-state index is 0.0809. The minimum atomic E-state index is -0.737. The van der Waals surface area contributed by atoms with Crippen molar-refractivity contribution in [3.8, 4) is 28.7 Å². The minimum Gasteiger partial charge on any atom is -0.508 e. The predicted octanol–water partition coefficient (Wildman–Crippen LogP) is 1.42. The van der Waals surface area contributed by atoms with Crippen molar-refractivity contribution in [2.45, 2.75) is 6.10 Å². The van der Waals surface area contributed by atoms with Crippen molar-refractivity contribution in [3.63, 3.8) is 0 Å². The summed E-state index contributed by atoms with van der Waals surface area (Å²) in [6.07, 6.45) is -0.737. The van der Waals surface area contributed by atoms with Gasteiger partial charge in [0.15, 0.2) is 23.0 Å². The summed E-state index contributed by atoms with van der Waals surface area (Å²) in [5.41, 5.74) is 6.86. The van der Waals surface area contributed by atoms with E-state index in [2.05, 4.69) is 9.97 Å². The number of phenols is 1. The second-order valence-electron chi connectivity index (χ2n) is 7.99. The number of methoxy groups -OCH3 is 2. The van der Waals surface area contributed by atoms with Gasteiger partial charge in [0, 0.05) is 43.7 Å². The first kappa shape index (κ1) is 21.7. The molecule has 0 aliphatic carbocycles. The van der Waals surface area contributed by atoms with Crippen LogP contribution < -0.4 is 29.6 Å². The number of aromatic hydroxyl groups is 1. The summed E-state index contributed by atoms with van der Waals surface area (Å²) >= 11 is 0. The van der Waals surface area contributed by atoms with Crippen LogP contribution >= 0.6 is 0 Å². The van der Waals surface area contributed by atoms with E-state index in [0.717, 1.165) is 0 Å². The summed E-state index contributed by atoms with van der Waals surface area (Å²) in [5.74, 6) is 2.75. The van der Waals surface area contributed by atoms with Crippen LogP contribution in [-0.4, -0.2) is 79.0 Å². The SMILES string of the molecule is COc1cc2nc(N3CCN(C(=O)[C@H]4COc5cc(O)ccc5O4)CC3)nc(N)c2cc1OC. The number of nitrogen functional groups attached to an aromatic ring is 1. The Kier molecular flexibility index (Phi) is 5.52. The van der Waals surface area contributed by atoms with Gasteiger partial charge in [-0.1, -0.05) is 0 Å². The van der Waals surface area contributed by atoms with Crippen molar-refractivity contribution in [2.75, 3.05) is 57.6 Å². The molecule has 11 nitrogen and oxygen atoms in total. The molecule has 1 amide bonds. The lowest BCUT2D eigenvalue weighted by molar-refractivity contribution is -0.141. The summed E-state index contributed by atoms with van der Waals surface area (Å²) in [6.45, 7) is 2.14. The molecule has 178 valence electrons.